The number of rotatable bonds is 6. The molecule has 2 N–H and O–H groups in total. The van der Waals surface area contributed by atoms with Crippen LogP contribution in [0.25, 0.3) is 0 Å². The Hall–Kier alpha value is -3.20. The van der Waals surface area contributed by atoms with E-state index < -0.39 is 6.09 Å². The van der Waals surface area contributed by atoms with E-state index in [1.165, 1.54) is 6.07 Å². The van der Waals surface area contributed by atoms with Gasteiger partial charge in [0, 0.05) is 29.5 Å². The molecule has 172 valence electrons. The highest BCUT2D eigenvalue weighted by Gasteiger charge is 2.34. The van der Waals surface area contributed by atoms with Crippen LogP contribution in [0.15, 0.2) is 58.3 Å². The van der Waals surface area contributed by atoms with Crippen molar-refractivity contribution < 1.29 is 19.1 Å². The minimum absolute atomic E-state index is 0.177. The van der Waals surface area contributed by atoms with Gasteiger partial charge >= 0.3 is 6.09 Å². The maximum absolute atomic E-state index is 13.7. The zero-order valence-electron chi connectivity index (χ0n) is 18.3. The van der Waals surface area contributed by atoms with Gasteiger partial charge in [-0.3, -0.25) is 4.79 Å². The number of hydrogen-bond acceptors (Lipinski definition) is 2. The van der Waals surface area contributed by atoms with Crippen LogP contribution >= 0.6 is 15.9 Å². The molecule has 0 radical (unpaired) electrons. The number of nitrogens with one attached hydrogen (secondary N) is 1. The maximum Gasteiger partial charge on any atom is 0.434 e. The first-order valence-electron chi connectivity index (χ1n) is 10.6. The number of nitrogens with zero attached hydrogens (tertiary/aromatic N) is 3. The quantitative estimate of drug-likeness (QED) is 0.505. The average molecular weight is 515 g/mol. The number of carbonyl (C=O) groups excluding carboxylic acids is 1. The van der Waals surface area contributed by atoms with Crippen LogP contribution in [-0.2, 0) is 13.6 Å². The van der Waals surface area contributed by atoms with Gasteiger partial charge in [0.25, 0.3) is 5.91 Å². The van der Waals surface area contributed by atoms with Crippen LogP contribution in [-0.4, -0.2) is 26.2 Å². The Morgan fingerprint density at radius 1 is 1.24 bits per heavy atom. The van der Waals surface area contributed by atoms with Crippen LogP contribution in [0.3, 0.4) is 0 Å². The SMILES string of the molecule is Cc1cc(C(NC(=O)c2cc(Br)cc(Cn3ccn(C)c3=NC(=O)O)c2)C2CC2)ccc1F. The van der Waals surface area contributed by atoms with Gasteiger partial charge in [-0.2, -0.15) is 0 Å². The van der Waals surface area contributed by atoms with Gasteiger partial charge in [0.1, 0.15) is 5.82 Å². The van der Waals surface area contributed by atoms with Crippen LogP contribution in [0, 0.1) is 18.7 Å². The Morgan fingerprint density at radius 3 is 2.67 bits per heavy atom. The standard InChI is InChI=1S/C24H24BrFN4O3/c1-14-9-17(5-6-20(14)26)21(16-3-4-16)27-22(31)18-10-15(11-19(25)12-18)13-30-8-7-29(2)23(30)28-24(32)33/h5-12,16,21H,3-4,13H2,1-2H3,(H,27,31)(H,32,33). The average Bonchev–Trinajstić information content (AvgIpc) is 3.54. The third kappa shape index (κ3) is 5.42. The number of amides is 2. The summed E-state index contributed by atoms with van der Waals surface area (Å²) in [7, 11) is 1.72. The topological polar surface area (TPSA) is 88.6 Å². The summed E-state index contributed by atoms with van der Waals surface area (Å²) < 4.78 is 17.8. The molecule has 1 atom stereocenters. The summed E-state index contributed by atoms with van der Waals surface area (Å²) >= 11 is 3.47. The molecule has 1 aromatic heterocycles. The highest BCUT2D eigenvalue weighted by Crippen LogP contribution is 2.41. The van der Waals surface area contributed by atoms with Gasteiger partial charge in [-0.25, -0.2) is 9.18 Å². The molecule has 0 bridgehead atoms. The molecule has 1 aliphatic rings. The van der Waals surface area contributed by atoms with Crippen molar-refractivity contribution in [2.45, 2.75) is 32.4 Å². The van der Waals surface area contributed by atoms with E-state index in [0.29, 0.717) is 23.6 Å². The van der Waals surface area contributed by atoms with Gasteiger partial charge in [-0.1, -0.05) is 28.1 Å². The molecule has 1 fully saturated rings. The van der Waals surface area contributed by atoms with Gasteiger partial charge in [-0.15, -0.1) is 4.99 Å². The van der Waals surface area contributed by atoms with E-state index in [1.807, 2.05) is 6.07 Å². The predicted molar refractivity (Wildman–Crippen MR) is 124 cm³/mol. The Bertz CT molecular complexity index is 1290. The molecule has 2 aromatic carbocycles. The minimum atomic E-state index is -1.28. The molecule has 4 rings (SSSR count). The van der Waals surface area contributed by atoms with Crippen molar-refractivity contribution >= 4 is 27.9 Å². The Kier molecular flexibility index (Phi) is 6.51. The molecule has 9 heteroatoms. The zero-order valence-corrected chi connectivity index (χ0v) is 19.8. The maximum atomic E-state index is 13.7. The molecule has 2 amide bonds. The number of halogens is 2. The molecule has 0 spiro atoms. The lowest BCUT2D eigenvalue weighted by Gasteiger charge is -2.20. The molecule has 7 nitrogen and oxygen atoms in total. The second kappa shape index (κ2) is 9.35. The fraction of sp³-hybridized carbons (Fsp3) is 0.292. The molecule has 1 heterocycles. The highest BCUT2D eigenvalue weighted by atomic mass is 79.9. The van der Waals surface area contributed by atoms with E-state index in [0.717, 1.165) is 28.4 Å². The fourth-order valence-corrected chi connectivity index (χ4v) is 4.47. The van der Waals surface area contributed by atoms with Crippen molar-refractivity contribution in [2.75, 3.05) is 0 Å². The fourth-order valence-electron chi connectivity index (χ4n) is 3.93. The summed E-state index contributed by atoms with van der Waals surface area (Å²) in [6, 6.07) is 10.2. The van der Waals surface area contributed by atoms with Crippen molar-refractivity contribution in [3.05, 3.63) is 87.0 Å². The minimum Gasteiger partial charge on any atom is -0.463 e. The Morgan fingerprint density at radius 2 is 2.00 bits per heavy atom. The predicted octanol–water partition coefficient (Wildman–Crippen LogP) is 4.54. The molecule has 0 aliphatic heterocycles. The van der Waals surface area contributed by atoms with Gasteiger partial charge in [0.2, 0.25) is 5.62 Å². The first-order chi connectivity index (χ1) is 15.7. The molecule has 0 saturated heterocycles. The van der Waals surface area contributed by atoms with Crippen molar-refractivity contribution in [3.63, 3.8) is 0 Å². The van der Waals surface area contributed by atoms with Crippen LogP contribution in [0.2, 0.25) is 0 Å². The van der Waals surface area contributed by atoms with Gasteiger partial charge in [0.05, 0.1) is 12.6 Å². The lowest BCUT2D eigenvalue weighted by Crippen LogP contribution is -2.30. The summed E-state index contributed by atoms with van der Waals surface area (Å²) in [6.45, 7) is 2.06. The van der Waals surface area contributed by atoms with Crippen LogP contribution in [0.5, 0.6) is 0 Å². The molecular formula is C24H24BrFN4O3. The number of carbonyl (C=O) groups is 2. The third-order valence-corrected chi connectivity index (χ3v) is 6.19. The van der Waals surface area contributed by atoms with Crippen molar-refractivity contribution in [1.29, 1.82) is 0 Å². The Labute approximate surface area is 198 Å². The van der Waals surface area contributed by atoms with E-state index in [9.17, 15) is 14.0 Å². The number of hydrogen-bond donors (Lipinski definition) is 2. The van der Waals surface area contributed by atoms with Crippen molar-refractivity contribution in [3.8, 4) is 0 Å². The summed E-state index contributed by atoms with van der Waals surface area (Å²) in [6.07, 6.45) is 4.22. The Balaban J connectivity index is 1.59. The first kappa shape index (κ1) is 23.0. The van der Waals surface area contributed by atoms with Gasteiger partial charge in [-0.05, 0) is 66.6 Å². The number of carboxylic acid groups (broad SMARTS) is 1. The summed E-state index contributed by atoms with van der Waals surface area (Å²) in [5.41, 5.74) is 3.04. The van der Waals surface area contributed by atoms with E-state index >= 15 is 0 Å². The second-order valence-corrected chi connectivity index (χ2v) is 9.29. The highest BCUT2D eigenvalue weighted by molar-refractivity contribution is 9.10. The summed E-state index contributed by atoms with van der Waals surface area (Å²) in [4.78, 5) is 27.9. The molecule has 1 unspecified atom stereocenters. The number of aromatic nitrogens is 2. The second-order valence-electron chi connectivity index (χ2n) is 8.38. The van der Waals surface area contributed by atoms with E-state index in [1.54, 1.807) is 59.8 Å². The molecule has 33 heavy (non-hydrogen) atoms. The van der Waals surface area contributed by atoms with E-state index in [-0.39, 0.29) is 23.4 Å². The first-order valence-corrected chi connectivity index (χ1v) is 11.4. The molecule has 1 aliphatic carbocycles. The monoisotopic (exact) mass is 514 g/mol. The lowest BCUT2D eigenvalue weighted by molar-refractivity contribution is 0.0931. The third-order valence-electron chi connectivity index (χ3n) is 5.73. The van der Waals surface area contributed by atoms with Gasteiger partial charge in [0.15, 0.2) is 0 Å². The normalized spacial score (nSPS) is 14.8. The smallest absolute Gasteiger partial charge is 0.434 e. The molecular weight excluding hydrogens is 491 g/mol. The molecule has 3 aromatic rings. The summed E-state index contributed by atoms with van der Waals surface area (Å²) in [5.74, 6) is -0.140. The van der Waals surface area contributed by atoms with Crippen LogP contribution in [0.1, 0.15) is 45.9 Å². The largest absolute Gasteiger partial charge is 0.463 e. The van der Waals surface area contributed by atoms with E-state index in [4.69, 9.17) is 5.11 Å². The molecule has 1 saturated carbocycles. The zero-order chi connectivity index (χ0) is 23.7. The van der Waals surface area contributed by atoms with Crippen LogP contribution < -0.4 is 10.9 Å². The number of imidazole rings is 1. The van der Waals surface area contributed by atoms with Crippen molar-refractivity contribution in [1.82, 2.24) is 14.5 Å². The lowest BCUT2D eigenvalue weighted by atomic mass is 9.99. The number of benzene rings is 2. The van der Waals surface area contributed by atoms with Crippen LogP contribution in [0.4, 0.5) is 9.18 Å². The van der Waals surface area contributed by atoms with Gasteiger partial charge < -0.3 is 19.6 Å². The van der Waals surface area contributed by atoms with Crippen molar-refractivity contribution in [2.24, 2.45) is 18.0 Å². The summed E-state index contributed by atoms with van der Waals surface area (Å²) in [5, 5.41) is 12.2. The van der Waals surface area contributed by atoms with E-state index in [2.05, 4.69) is 26.2 Å². The number of aryl methyl sites for hydroxylation is 2.